The topological polar surface area (TPSA) is 81.4 Å². The van der Waals surface area contributed by atoms with Crippen LogP contribution in [0, 0.1) is 0 Å². The molecule has 7 heteroatoms. The Morgan fingerprint density at radius 1 is 0.750 bits per heavy atom. The van der Waals surface area contributed by atoms with Crippen LogP contribution in [0.3, 0.4) is 0 Å². The van der Waals surface area contributed by atoms with Crippen molar-refractivity contribution < 1.29 is 0 Å². The van der Waals surface area contributed by atoms with E-state index < -0.39 is 8.07 Å². The number of H-pyrrole nitrogens is 2. The number of hydrogen-bond acceptors (Lipinski definition) is 4. The summed E-state index contributed by atoms with van der Waals surface area (Å²) >= 11 is 0. The van der Waals surface area contributed by atoms with E-state index in [1.165, 1.54) is 50.7 Å². The van der Waals surface area contributed by atoms with Crippen molar-refractivity contribution in [2.75, 3.05) is 12.7 Å². The highest BCUT2D eigenvalue weighted by Crippen LogP contribution is 2.34. The molecule has 0 amide bonds. The van der Waals surface area contributed by atoms with Gasteiger partial charge in [-0.05, 0) is 83.1 Å². The summed E-state index contributed by atoms with van der Waals surface area (Å²) in [5.41, 5.74) is 6.89. The molecule has 0 saturated carbocycles. The normalized spacial score (nSPS) is 20.8. The van der Waals surface area contributed by atoms with E-state index in [4.69, 9.17) is 4.98 Å². The first-order chi connectivity index (χ1) is 19.5. The monoisotopic (exact) mass is 542 g/mol. The number of aromatic amines is 2. The van der Waals surface area contributed by atoms with E-state index in [-0.39, 0.29) is 0 Å². The van der Waals surface area contributed by atoms with Crippen molar-refractivity contribution in [3.63, 3.8) is 0 Å². The van der Waals surface area contributed by atoms with E-state index in [1.54, 1.807) is 0 Å². The van der Waals surface area contributed by atoms with Crippen molar-refractivity contribution in [1.29, 1.82) is 0 Å². The van der Waals surface area contributed by atoms with Crippen molar-refractivity contribution in [3.05, 3.63) is 84.6 Å². The third-order valence-electron chi connectivity index (χ3n) is 8.87. The lowest BCUT2D eigenvalue weighted by atomic mass is 9.97. The van der Waals surface area contributed by atoms with Crippen molar-refractivity contribution in [2.45, 2.75) is 44.1 Å². The van der Waals surface area contributed by atoms with Crippen LogP contribution in [0.4, 0.5) is 0 Å². The summed E-state index contributed by atoms with van der Waals surface area (Å²) < 4.78 is 0. The van der Waals surface area contributed by atoms with E-state index in [0.717, 1.165) is 47.5 Å². The van der Waals surface area contributed by atoms with Gasteiger partial charge < -0.3 is 20.6 Å². The molecule has 2 aliphatic rings. The molecule has 8 rings (SSSR count). The van der Waals surface area contributed by atoms with Crippen LogP contribution < -0.4 is 10.6 Å². The number of aromatic nitrogens is 4. The lowest BCUT2D eigenvalue weighted by molar-refractivity contribution is 0.613. The molecule has 0 bridgehead atoms. The van der Waals surface area contributed by atoms with Gasteiger partial charge in [-0.1, -0.05) is 55.6 Å². The van der Waals surface area contributed by atoms with Gasteiger partial charge in [0.15, 0.2) is 0 Å². The molecular formula is C33H34N6Si. The minimum atomic E-state index is -1.16. The maximum atomic E-state index is 5.08. The summed E-state index contributed by atoms with van der Waals surface area (Å²) in [6, 6.07) is 26.5. The van der Waals surface area contributed by atoms with E-state index in [1.807, 2.05) is 6.20 Å². The number of imidazole rings is 2. The van der Waals surface area contributed by atoms with Crippen molar-refractivity contribution in [3.8, 4) is 22.4 Å². The van der Waals surface area contributed by atoms with Crippen LogP contribution in [0.2, 0.25) is 19.1 Å². The second kappa shape index (κ2) is 9.13. The van der Waals surface area contributed by atoms with Crippen molar-refractivity contribution in [1.82, 2.24) is 30.6 Å². The van der Waals surface area contributed by atoms with Crippen molar-refractivity contribution in [2.24, 2.45) is 0 Å². The zero-order chi connectivity index (χ0) is 26.8. The van der Waals surface area contributed by atoms with Gasteiger partial charge in [-0.3, -0.25) is 0 Å². The van der Waals surface area contributed by atoms with Gasteiger partial charge in [0, 0.05) is 10.9 Å². The molecule has 4 N–H and O–H groups in total. The number of hydrogen-bond donors (Lipinski definition) is 4. The number of nitrogens with one attached hydrogen (secondary N) is 4. The Hall–Kier alpha value is -3.78. The molecule has 2 fully saturated rings. The maximum absolute atomic E-state index is 5.08. The Morgan fingerprint density at radius 2 is 1.50 bits per heavy atom. The fraction of sp³-hybridized carbons (Fsp3) is 0.273. The second-order valence-electron chi connectivity index (χ2n) is 12.4. The molecule has 6 aromatic rings. The molecule has 0 aliphatic carbocycles. The van der Waals surface area contributed by atoms with E-state index in [9.17, 15) is 0 Å². The third-order valence-corrected chi connectivity index (χ3v) is 11.5. The molecule has 200 valence electrons. The Balaban J connectivity index is 1.09. The number of nitrogens with zero attached hydrogens (tertiary/aromatic N) is 2. The lowest BCUT2D eigenvalue weighted by Gasteiger charge is -2.11. The van der Waals surface area contributed by atoms with Gasteiger partial charge >= 0.3 is 0 Å². The standard InChI is InChI=1S/C33H34N6Si/c1-40(2)18-30(36-19-40)33-37-27-12-10-24-15-23(9-11-26(24)31(27)39-33)20-5-6-22-16-25(8-7-21(22)14-20)29-17-35-32(38-29)28-4-3-13-34-28/h5-12,14-17,28,30,34,36H,3-4,13,18-19H2,1-2H3,(H,35,38)(H,37,39). The van der Waals surface area contributed by atoms with Crippen LogP contribution in [0.1, 0.15) is 36.6 Å². The van der Waals surface area contributed by atoms with Crippen molar-refractivity contribution >= 4 is 40.7 Å². The van der Waals surface area contributed by atoms with Gasteiger partial charge in [-0.2, -0.15) is 0 Å². The Morgan fingerprint density at radius 3 is 2.27 bits per heavy atom. The van der Waals surface area contributed by atoms with Gasteiger partial charge in [0.2, 0.25) is 0 Å². The molecule has 2 unspecified atom stereocenters. The van der Waals surface area contributed by atoms with Crippen LogP contribution >= 0.6 is 0 Å². The highest BCUT2D eigenvalue weighted by Gasteiger charge is 2.34. The average Bonchev–Trinajstić information content (AvgIpc) is 3.78. The Bertz CT molecular complexity index is 1890. The van der Waals surface area contributed by atoms with Crippen LogP contribution in [0.5, 0.6) is 0 Å². The Labute approximate surface area is 234 Å². The fourth-order valence-corrected chi connectivity index (χ4v) is 9.01. The summed E-state index contributed by atoms with van der Waals surface area (Å²) in [7, 11) is -1.16. The van der Waals surface area contributed by atoms with Gasteiger partial charge in [0.05, 0.1) is 43.1 Å². The van der Waals surface area contributed by atoms with Crippen LogP contribution in [0.25, 0.3) is 55.0 Å². The molecule has 4 heterocycles. The number of rotatable bonds is 4. The van der Waals surface area contributed by atoms with Gasteiger partial charge in [-0.15, -0.1) is 0 Å². The van der Waals surface area contributed by atoms with Crippen LogP contribution in [-0.2, 0) is 0 Å². The predicted octanol–water partition coefficient (Wildman–Crippen LogP) is 7.24. The molecule has 2 aliphatic heterocycles. The molecule has 0 radical (unpaired) electrons. The molecule has 2 atom stereocenters. The largest absolute Gasteiger partial charge is 0.341 e. The average molecular weight is 543 g/mol. The molecule has 6 nitrogen and oxygen atoms in total. The van der Waals surface area contributed by atoms with Gasteiger partial charge in [0.25, 0.3) is 0 Å². The fourth-order valence-electron chi connectivity index (χ4n) is 6.63. The van der Waals surface area contributed by atoms with Gasteiger partial charge in [0.1, 0.15) is 11.6 Å². The van der Waals surface area contributed by atoms with E-state index in [2.05, 4.69) is 105 Å². The minimum absolute atomic E-state index is 0.348. The first kappa shape index (κ1) is 24.0. The SMILES string of the molecule is C[Si]1(C)CNC(c2nc3c(ccc4cc(-c5ccc6cc(-c7cnc(C8CCCN8)[nH]7)ccc6c5)ccc43)[nH]2)C1. The highest BCUT2D eigenvalue weighted by molar-refractivity contribution is 6.78. The summed E-state index contributed by atoms with van der Waals surface area (Å²) in [4.78, 5) is 16.9. The molecule has 2 aromatic heterocycles. The quantitative estimate of drug-likeness (QED) is 0.177. The van der Waals surface area contributed by atoms with Crippen LogP contribution in [0.15, 0.2) is 72.9 Å². The van der Waals surface area contributed by atoms with Crippen LogP contribution in [-0.4, -0.2) is 40.7 Å². The molecule has 2 saturated heterocycles. The third kappa shape index (κ3) is 4.16. The summed E-state index contributed by atoms with van der Waals surface area (Å²) in [5.74, 6) is 2.13. The summed E-state index contributed by atoms with van der Waals surface area (Å²) in [6.07, 6.45) is 5.48. The number of fused-ring (bicyclic) bond motifs is 4. The van der Waals surface area contributed by atoms with E-state index in [0.29, 0.717) is 12.1 Å². The minimum Gasteiger partial charge on any atom is -0.341 e. The lowest BCUT2D eigenvalue weighted by Crippen LogP contribution is -2.28. The Kier molecular flexibility index (Phi) is 5.49. The first-order valence-electron chi connectivity index (χ1n) is 14.5. The molecular weight excluding hydrogens is 508 g/mol. The second-order valence-corrected chi connectivity index (χ2v) is 17.5. The first-order valence-corrected chi connectivity index (χ1v) is 17.9. The summed E-state index contributed by atoms with van der Waals surface area (Å²) in [5, 5.41) is 12.1. The zero-order valence-electron chi connectivity index (χ0n) is 23.0. The highest BCUT2D eigenvalue weighted by atomic mass is 28.3. The molecule has 4 aromatic carbocycles. The maximum Gasteiger partial charge on any atom is 0.124 e. The molecule has 0 spiro atoms. The predicted molar refractivity (Wildman–Crippen MR) is 167 cm³/mol. The molecule has 40 heavy (non-hydrogen) atoms. The van der Waals surface area contributed by atoms with E-state index >= 15 is 0 Å². The summed E-state index contributed by atoms with van der Waals surface area (Å²) in [6.45, 7) is 5.98. The zero-order valence-corrected chi connectivity index (χ0v) is 24.0. The smallest absolute Gasteiger partial charge is 0.124 e. The van der Waals surface area contributed by atoms with Gasteiger partial charge in [-0.25, -0.2) is 9.97 Å². The number of benzene rings is 4.